The topological polar surface area (TPSA) is 39.9 Å². The third kappa shape index (κ3) is 3.29. The van der Waals surface area contributed by atoms with Crippen LogP contribution in [0.2, 0.25) is 0 Å². The molecule has 1 aromatic heterocycles. The Morgan fingerprint density at radius 2 is 2.19 bits per heavy atom. The molecule has 3 nitrogen and oxygen atoms in total. The Morgan fingerprint density at radius 1 is 1.56 bits per heavy atom. The second-order valence-electron chi connectivity index (χ2n) is 5.10. The van der Waals surface area contributed by atoms with E-state index >= 15 is 0 Å². The highest BCUT2D eigenvalue weighted by molar-refractivity contribution is 7.09. The Balaban J connectivity index is 2.70. The number of hydrogen-bond donors (Lipinski definition) is 0. The summed E-state index contributed by atoms with van der Waals surface area (Å²) in [6, 6.07) is 2.16. The van der Waals surface area contributed by atoms with Crippen LogP contribution in [0.4, 0.5) is 0 Å². The first-order valence-electron chi connectivity index (χ1n) is 5.39. The molecule has 16 heavy (non-hydrogen) atoms. The second kappa shape index (κ2) is 4.94. The lowest BCUT2D eigenvalue weighted by atomic mass is 9.93. The zero-order valence-electron chi connectivity index (χ0n) is 10.6. The molecule has 0 radical (unpaired) electrons. The van der Waals surface area contributed by atoms with E-state index in [1.807, 2.05) is 18.9 Å². The van der Waals surface area contributed by atoms with E-state index in [-0.39, 0.29) is 11.5 Å². The molecule has 0 amide bonds. The highest BCUT2D eigenvalue weighted by atomic mass is 32.1. The highest BCUT2D eigenvalue weighted by Gasteiger charge is 2.18. The Kier molecular flexibility index (Phi) is 4.06. The lowest BCUT2D eigenvalue weighted by Gasteiger charge is -2.17. The lowest BCUT2D eigenvalue weighted by molar-refractivity contribution is 0.293. The highest BCUT2D eigenvalue weighted by Crippen LogP contribution is 2.24. The summed E-state index contributed by atoms with van der Waals surface area (Å²) in [5, 5.41) is 12.0. The van der Waals surface area contributed by atoms with Crippen molar-refractivity contribution in [3.63, 3.8) is 0 Å². The van der Waals surface area contributed by atoms with Gasteiger partial charge >= 0.3 is 0 Å². The van der Waals surface area contributed by atoms with Gasteiger partial charge in [-0.25, -0.2) is 4.98 Å². The number of nitriles is 1. The fourth-order valence-corrected chi connectivity index (χ4v) is 2.26. The van der Waals surface area contributed by atoms with Crippen molar-refractivity contribution in [2.24, 2.45) is 0 Å². The SMILES string of the molecule is CC(C#N)N(C)Cc1nc(C(C)(C)C)cs1. The summed E-state index contributed by atoms with van der Waals surface area (Å²) in [6.45, 7) is 9.13. The van der Waals surface area contributed by atoms with Crippen molar-refractivity contribution < 1.29 is 0 Å². The zero-order chi connectivity index (χ0) is 12.3. The van der Waals surface area contributed by atoms with Crippen LogP contribution in [0.5, 0.6) is 0 Å². The van der Waals surface area contributed by atoms with Crippen LogP contribution < -0.4 is 0 Å². The summed E-state index contributed by atoms with van der Waals surface area (Å²) in [5.41, 5.74) is 1.24. The van der Waals surface area contributed by atoms with Crippen LogP contribution in [-0.2, 0) is 12.0 Å². The van der Waals surface area contributed by atoms with Gasteiger partial charge in [0.2, 0.25) is 0 Å². The molecule has 0 bridgehead atoms. The van der Waals surface area contributed by atoms with Crippen molar-refractivity contribution >= 4 is 11.3 Å². The predicted molar refractivity (Wildman–Crippen MR) is 67.4 cm³/mol. The molecule has 0 saturated carbocycles. The molecule has 4 heteroatoms. The first-order chi connectivity index (χ1) is 7.34. The maximum Gasteiger partial charge on any atom is 0.107 e. The molecule has 0 aromatic carbocycles. The zero-order valence-corrected chi connectivity index (χ0v) is 11.4. The van der Waals surface area contributed by atoms with Crippen molar-refractivity contribution in [1.82, 2.24) is 9.88 Å². The van der Waals surface area contributed by atoms with Gasteiger partial charge in [-0.3, -0.25) is 4.90 Å². The molecule has 0 aliphatic rings. The predicted octanol–water partition coefficient (Wildman–Crippen LogP) is 2.78. The summed E-state index contributed by atoms with van der Waals surface area (Å²) >= 11 is 1.67. The van der Waals surface area contributed by atoms with E-state index in [1.165, 1.54) is 0 Å². The molecule has 0 saturated heterocycles. The normalized spacial score (nSPS) is 13.8. The standard InChI is InChI=1S/C12H19N3S/c1-9(6-13)15(5)7-11-14-10(8-16-11)12(2,3)4/h8-9H,7H2,1-5H3. The van der Waals surface area contributed by atoms with E-state index in [2.05, 4.69) is 37.2 Å². The van der Waals surface area contributed by atoms with E-state index < -0.39 is 0 Å². The van der Waals surface area contributed by atoms with E-state index in [9.17, 15) is 0 Å². The molecule has 1 unspecified atom stereocenters. The third-order valence-corrected chi connectivity index (χ3v) is 3.39. The molecular weight excluding hydrogens is 218 g/mol. The average Bonchev–Trinajstić information content (AvgIpc) is 2.64. The number of hydrogen-bond acceptors (Lipinski definition) is 4. The van der Waals surface area contributed by atoms with Gasteiger partial charge in [-0.2, -0.15) is 5.26 Å². The smallest absolute Gasteiger partial charge is 0.107 e. The first kappa shape index (κ1) is 13.1. The maximum atomic E-state index is 8.81. The Hall–Kier alpha value is -0.920. The molecule has 1 heterocycles. The number of nitrogens with zero attached hydrogens (tertiary/aromatic N) is 3. The minimum absolute atomic E-state index is 0.0676. The summed E-state index contributed by atoms with van der Waals surface area (Å²) in [6.07, 6.45) is 0. The molecule has 1 aromatic rings. The molecule has 0 N–H and O–H groups in total. The number of aromatic nitrogens is 1. The van der Waals surface area contributed by atoms with E-state index in [4.69, 9.17) is 5.26 Å². The number of thiazole rings is 1. The maximum absolute atomic E-state index is 8.81. The quantitative estimate of drug-likeness (QED) is 0.811. The van der Waals surface area contributed by atoms with Gasteiger partial charge in [0.1, 0.15) is 5.01 Å². The van der Waals surface area contributed by atoms with Crippen LogP contribution in [0.25, 0.3) is 0 Å². The molecule has 0 fully saturated rings. The molecule has 0 spiro atoms. The first-order valence-corrected chi connectivity index (χ1v) is 6.27. The van der Waals surface area contributed by atoms with Gasteiger partial charge in [0.15, 0.2) is 0 Å². The third-order valence-electron chi connectivity index (χ3n) is 2.55. The molecule has 88 valence electrons. The molecule has 0 aliphatic carbocycles. The van der Waals surface area contributed by atoms with Gasteiger partial charge < -0.3 is 0 Å². The van der Waals surface area contributed by atoms with Gasteiger partial charge in [0, 0.05) is 10.8 Å². The summed E-state index contributed by atoms with van der Waals surface area (Å²) in [4.78, 5) is 6.61. The minimum Gasteiger partial charge on any atom is -0.285 e. The summed E-state index contributed by atoms with van der Waals surface area (Å²) in [5.74, 6) is 0. The molecular formula is C12H19N3S. The lowest BCUT2D eigenvalue weighted by Crippen LogP contribution is -2.27. The fourth-order valence-electron chi connectivity index (χ4n) is 1.18. The van der Waals surface area contributed by atoms with Crippen molar-refractivity contribution in [3.8, 4) is 6.07 Å². The van der Waals surface area contributed by atoms with Crippen molar-refractivity contribution in [3.05, 3.63) is 16.1 Å². The monoisotopic (exact) mass is 237 g/mol. The molecule has 1 atom stereocenters. The van der Waals surface area contributed by atoms with E-state index in [1.54, 1.807) is 11.3 Å². The van der Waals surface area contributed by atoms with Crippen LogP contribution in [0.3, 0.4) is 0 Å². The van der Waals surface area contributed by atoms with E-state index in [0.717, 1.165) is 17.2 Å². The van der Waals surface area contributed by atoms with Gasteiger partial charge in [-0.1, -0.05) is 20.8 Å². The van der Waals surface area contributed by atoms with Crippen molar-refractivity contribution in [1.29, 1.82) is 5.26 Å². The van der Waals surface area contributed by atoms with Crippen LogP contribution in [-0.4, -0.2) is 23.0 Å². The fraction of sp³-hybridized carbons (Fsp3) is 0.667. The van der Waals surface area contributed by atoms with Gasteiger partial charge in [-0.05, 0) is 14.0 Å². The van der Waals surface area contributed by atoms with Gasteiger partial charge in [0.05, 0.1) is 24.3 Å². The molecule has 1 rings (SSSR count). The van der Waals surface area contributed by atoms with E-state index in [0.29, 0.717) is 0 Å². The van der Waals surface area contributed by atoms with Crippen molar-refractivity contribution in [2.45, 2.75) is 45.7 Å². The Labute approximate surface area is 102 Å². The average molecular weight is 237 g/mol. The Morgan fingerprint density at radius 3 is 2.62 bits per heavy atom. The second-order valence-corrected chi connectivity index (χ2v) is 6.04. The van der Waals surface area contributed by atoms with Crippen LogP contribution in [0.1, 0.15) is 38.4 Å². The summed E-state index contributed by atoms with van der Waals surface area (Å²) in [7, 11) is 1.95. The van der Waals surface area contributed by atoms with Gasteiger partial charge in [-0.15, -0.1) is 11.3 Å². The summed E-state index contributed by atoms with van der Waals surface area (Å²) < 4.78 is 0. The van der Waals surface area contributed by atoms with Crippen LogP contribution in [0, 0.1) is 11.3 Å². The minimum atomic E-state index is -0.0676. The number of rotatable bonds is 3. The van der Waals surface area contributed by atoms with Crippen LogP contribution >= 0.6 is 11.3 Å². The van der Waals surface area contributed by atoms with Crippen molar-refractivity contribution in [2.75, 3.05) is 7.05 Å². The molecule has 0 aliphatic heterocycles. The van der Waals surface area contributed by atoms with Crippen LogP contribution in [0.15, 0.2) is 5.38 Å². The van der Waals surface area contributed by atoms with Gasteiger partial charge in [0.25, 0.3) is 0 Å². The largest absolute Gasteiger partial charge is 0.285 e. The Bertz CT molecular complexity index is 384.